The van der Waals surface area contributed by atoms with Gasteiger partial charge in [0.25, 0.3) is 0 Å². The van der Waals surface area contributed by atoms with Crippen LogP contribution in [0.1, 0.15) is 38.6 Å². The molecule has 0 saturated carbocycles. The Kier molecular flexibility index (Phi) is 3.69. The first-order chi connectivity index (χ1) is 8.17. The first-order valence-corrected chi connectivity index (χ1v) is 6.46. The molecule has 0 radical (unpaired) electrons. The maximum atomic E-state index is 6.17. The lowest BCUT2D eigenvalue weighted by Gasteiger charge is -2.12. The summed E-state index contributed by atoms with van der Waals surface area (Å²) in [6.45, 7) is 5.12. The van der Waals surface area contributed by atoms with E-state index < -0.39 is 0 Å². The van der Waals surface area contributed by atoms with Crippen LogP contribution in [0.2, 0.25) is 5.02 Å². The maximum absolute atomic E-state index is 6.17. The number of halogens is 1. The largest absolute Gasteiger partial charge is 0.327 e. The van der Waals surface area contributed by atoms with Crippen LogP contribution < -0.4 is 5.73 Å². The average molecular weight is 252 g/mol. The number of hydrogen-bond acceptors (Lipinski definition) is 2. The molecule has 0 aliphatic carbocycles. The predicted molar refractivity (Wildman–Crippen MR) is 72.3 cm³/mol. The van der Waals surface area contributed by atoms with Gasteiger partial charge in [0.15, 0.2) is 0 Å². The lowest BCUT2D eigenvalue weighted by atomic mass is 10.2. The monoisotopic (exact) mass is 251 g/mol. The molecule has 0 bridgehead atoms. The van der Waals surface area contributed by atoms with Crippen LogP contribution in [0.15, 0.2) is 18.2 Å². The van der Waals surface area contributed by atoms with Crippen molar-refractivity contribution in [3.05, 3.63) is 29.0 Å². The van der Waals surface area contributed by atoms with E-state index in [1.807, 2.05) is 18.2 Å². The number of benzene rings is 1. The van der Waals surface area contributed by atoms with Crippen LogP contribution in [0.3, 0.4) is 0 Å². The van der Waals surface area contributed by atoms with Gasteiger partial charge < -0.3 is 10.3 Å². The van der Waals surface area contributed by atoms with Gasteiger partial charge in [0.1, 0.15) is 5.82 Å². The minimum Gasteiger partial charge on any atom is -0.327 e. The summed E-state index contributed by atoms with van der Waals surface area (Å²) in [5, 5.41) is 0.717. The van der Waals surface area contributed by atoms with E-state index in [1.54, 1.807) is 0 Å². The van der Waals surface area contributed by atoms with Crippen LogP contribution in [0, 0.1) is 0 Å². The number of nitrogens with zero attached hydrogens (tertiary/aromatic N) is 2. The molecule has 3 nitrogen and oxygen atoms in total. The smallest absolute Gasteiger partial charge is 0.126 e. The Hall–Kier alpha value is -1.06. The fourth-order valence-electron chi connectivity index (χ4n) is 2.18. The molecule has 0 amide bonds. The molecule has 0 aliphatic heterocycles. The molecule has 0 saturated heterocycles. The molecular weight excluding hydrogens is 234 g/mol. The van der Waals surface area contributed by atoms with E-state index in [1.165, 1.54) is 0 Å². The number of aromatic nitrogens is 2. The Morgan fingerprint density at radius 2 is 2.18 bits per heavy atom. The van der Waals surface area contributed by atoms with Crippen molar-refractivity contribution in [1.29, 1.82) is 0 Å². The molecule has 1 atom stereocenters. The fourth-order valence-corrected chi connectivity index (χ4v) is 2.34. The highest BCUT2D eigenvalue weighted by Crippen LogP contribution is 2.24. The number of fused-ring (bicyclic) bond motifs is 1. The van der Waals surface area contributed by atoms with Crippen molar-refractivity contribution in [2.24, 2.45) is 5.73 Å². The first-order valence-electron chi connectivity index (χ1n) is 6.08. The zero-order valence-corrected chi connectivity index (χ0v) is 11.0. The third-order valence-electron chi connectivity index (χ3n) is 2.99. The van der Waals surface area contributed by atoms with Crippen LogP contribution in [0.5, 0.6) is 0 Å². The lowest BCUT2D eigenvalue weighted by molar-refractivity contribution is 0.566. The van der Waals surface area contributed by atoms with E-state index in [-0.39, 0.29) is 6.04 Å². The molecule has 2 N–H and O–H groups in total. The van der Waals surface area contributed by atoms with Gasteiger partial charge in [-0.3, -0.25) is 0 Å². The minimum atomic E-state index is 0.00567. The van der Waals surface area contributed by atoms with Gasteiger partial charge in [-0.1, -0.05) is 24.9 Å². The Labute approximate surface area is 107 Å². The van der Waals surface area contributed by atoms with Crippen molar-refractivity contribution >= 4 is 22.6 Å². The van der Waals surface area contributed by atoms with Gasteiger partial charge in [0, 0.05) is 11.6 Å². The highest BCUT2D eigenvalue weighted by Gasteiger charge is 2.15. The highest BCUT2D eigenvalue weighted by molar-refractivity contribution is 6.31. The molecule has 1 aromatic carbocycles. The number of rotatable bonds is 4. The van der Waals surface area contributed by atoms with Crippen molar-refractivity contribution in [2.45, 2.75) is 39.3 Å². The van der Waals surface area contributed by atoms with E-state index in [0.717, 1.165) is 36.2 Å². The zero-order chi connectivity index (χ0) is 12.4. The topological polar surface area (TPSA) is 43.8 Å². The van der Waals surface area contributed by atoms with Gasteiger partial charge in [-0.15, -0.1) is 0 Å². The van der Waals surface area contributed by atoms with Gasteiger partial charge in [0.2, 0.25) is 0 Å². The van der Waals surface area contributed by atoms with Crippen molar-refractivity contribution in [1.82, 2.24) is 9.55 Å². The summed E-state index contributed by atoms with van der Waals surface area (Å²) in [5.41, 5.74) is 8.21. The molecule has 1 heterocycles. The summed E-state index contributed by atoms with van der Waals surface area (Å²) in [7, 11) is 0. The second-order valence-electron chi connectivity index (χ2n) is 4.24. The Bertz CT molecular complexity index is 519. The molecule has 2 aromatic rings. The fraction of sp³-hybridized carbons (Fsp3) is 0.462. The minimum absolute atomic E-state index is 0.00567. The quantitative estimate of drug-likeness (QED) is 0.904. The summed E-state index contributed by atoms with van der Waals surface area (Å²) >= 11 is 5.98. The Balaban J connectivity index is 2.55. The molecule has 2 rings (SSSR count). The molecule has 17 heavy (non-hydrogen) atoms. The summed E-state index contributed by atoms with van der Waals surface area (Å²) in [5.74, 6) is 0.964. The summed E-state index contributed by atoms with van der Waals surface area (Å²) < 4.78 is 2.17. The molecule has 0 spiro atoms. The normalized spacial score (nSPS) is 13.2. The zero-order valence-electron chi connectivity index (χ0n) is 10.3. The van der Waals surface area contributed by atoms with E-state index in [0.29, 0.717) is 5.02 Å². The summed E-state index contributed by atoms with van der Waals surface area (Å²) in [6.07, 6.45) is 2.02. The van der Waals surface area contributed by atoms with Crippen molar-refractivity contribution in [3.8, 4) is 0 Å². The van der Waals surface area contributed by atoms with E-state index in [2.05, 4.69) is 23.4 Å². The molecule has 0 fully saturated rings. The molecule has 4 heteroatoms. The summed E-state index contributed by atoms with van der Waals surface area (Å²) in [4.78, 5) is 4.62. The van der Waals surface area contributed by atoms with Gasteiger partial charge in [-0.05, 0) is 31.5 Å². The van der Waals surface area contributed by atoms with Crippen molar-refractivity contribution < 1.29 is 0 Å². The number of imidazole rings is 1. The predicted octanol–water partition coefficient (Wildman–Crippen LogP) is 3.51. The van der Waals surface area contributed by atoms with Gasteiger partial charge in [-0.25, -0.2) is 4.98 Å². The van der Waals surface area contributed by atoms with Crippen LogP contribution in [-0.4, -0.2) is 9.55 Å². The number of nitrogens with two attached hydrogens (primary N) is 1. The van der Waals surface area contributed by atoms with E-state index >= 15 is 0 Å². The number of aryl methyl sites for hydroxylation is 1. The molecule has 0 aliphatic rings. The molecular formula is C13H18ClN3. The van der Waals surface area contributed by atoms with Crippen molar-refractivity contribution in [2.75, 3.05) is 0 Å². The maximum Gasteiger partial charge on any atom is 0.126 e. The average Bonchev–Trinajstić information content (AvgIpc) is 2.66. The van der Waals surface area contributed by atoms with Gasteiger partial charge in [-0.2, -0.15) is 0 Å². The Morgan fingerprint density at radius 1 is 1.41 bits per heavy atom. The van der Waals surface area contributed by atoms with E-state index in [4.69, 9.17) is 17.3 Å². The third-order valence-corrected chi connectivity index (χ3v) is 3.22. The third kappa shape index (κ3) is 2.31. The summed E-state index contributed by atoms with van der Waals surface area (Å²) in [6, 6.07) is 5.81. The SMILES string of the molecule is CCCC(N)c1nc2cc(Cl)ccc2n1CC. The van der Waals surface area contributed by atoms with Crippen LogP contribution in [-0.2, 0) is 6.54 Å². The van der Waals surface area contributed by atoms with E-state index in [9.17, 15) is 0 Å². The molecule has 1 aromatic heterocycles. The first kappa shape index (κ1) is 12.4. The lowest BCUT2D eigenvalue weighted by Crippen LogP contribution is -2.16. The second kappa shape index (κ2) is 5.07. The standard InChI is InChI=1S/C13H18ClN3/c1-3-5-10(15)13-16-11-8-9(14)6-7-12(11)17(13)4-2/h6-8,10H,3-5,15H2,1-2H3. The van der Waals surface area contributed by atoms with Crippen LogP contribution in [0.25, 0.3) is 11.0 Å². The Morgan fingerprint density at radius 3 is 2.82 bits per heavy atom. The van der Waals surface area contributed by atoms with Crippen molar-refractivity contribution in [3.63, 3.8) is 0 Å². The highest BCUT2D eigenvalue weighted by atomic mass is 35.5. The second-order valence-corrected chi connectivity index (χ2v) is 4.68. The van der Waals surface area contributed by atoms with Crippen LogP contribution >= 0.6 is 11.6 Å². The number of hydrogen-bond donors (Lipinski definition) is 1. The molecule has 1 unspecified atom stereocenters. The van der Waals surface area contributed by atoms with Gasteiger partial charge in [0.05, 0.1) is 17.1 Å². The van der Waals surface area contributed by atoms with Gasteiger partial charge >= 0.3 is 0 Å². The molecule has 92 valence electrons. The van der Waals surface area contributed by atoms with Crippen LogP contribution in [0.4, 0.5) is 0 Å².